The zero-order valence-corrected chi connectivity index (χ0v) is 23.1. The highest BCUT2D eigenvalue weighted by molar-refractivity contribution is 7.89. The van der Waals surface area contributed by atoms with Crippen molar-refractivity contribution in [2.75, 3.05) is 13.7 Å². The van der Waals surface area contributed by atoms with Gasteiger partial charge in [0.25, 0.3) is 0 Å². The average Bonchev–Trinajstić information content (AvgIpc) is 3.53. The number of aromatic amines is 1. The van der Waals surface area contributed by atoms with E-state index < -0.39 is 34.1 Å². The number of aromatic nitrogens is 1. The fourth-order valence-corrected chi connectivity index (χ4v) is 7.74. The molecule has 0 radical (unpaired) electrons. The molecule has 0 aliphatic carbocycles. The van der Waals surface area contributed by atoms with Gasteiger partial charge < -0.3 is 14.6 Å². The summed E-state index contributed by atoms with van der Waals surface area (Å²) in [4.78, 5) is 32.0. The van der Waals surface area contributed by atoms with Crippen LogP contribution in [0.5, 0.6) is 0 Å². The maximum atomic E-state index is 14.4. The number of amides is 1. The number of hydrogen-bond donors (Lipinski definition) is 1. The lowest BCUT2D eigenvalue weighted by molar-refractivity contribution is -0.152. The second-order valence-corrected chi connectivity index (χ2v) is 12.6. The summed E-state index contributed by atoms with van der Waals surface area (Å²) in [5.74, 6) is -0.650. The summed E-state index contributed by atoms with van der Waals surface area (Å²) < 4.78 is 35.1. The fourth-order valence-electron chi connectivity index (χ4n) is 5.99. The molecule has 0 bridgehead atoms. The molecule has 1 fully saturated rings. The van der Waals surface area contributed by atoms with Crippen LogP contribution in [0.1, 0.15) is 56.0 Å². The van der Waals surface area contributed by atoms with E-state index in [-0.39, 0.29) is 23.1 Å². The molecule has 1 saturated heterocycles. The minimum atomic E-state index is -4.07. The standard InChI is InChI=1S/C29H35N3O5S/c1-18(2)16-25-27-22(21-8-5-6-9-23(21)30-27)17-26(28(33)31-15-7-10-24(31)29(34)37-4)32(25)38(35,36)20-13-11-19(3)12-14-20/h5-6,8-9,11-14,18,24-26,30H,7,10,15-17H2,1-4H3/t24-,25-,26-/m0/s1. The van der Waals surface area contributed by atoms with Gasteiger partial charge >= 0.3 is 5.97 Å². The van der Waals surface area contributed by atoms with E-state index in [0.717, 1.165) is 27.7 Å². The normalized spacial score (nSPS) is 22.1. The third-order valence-electron chi connectivity index (χ3n) is 7.78. The van der Waals surface area contributed by atoms with Gasteiger partial charge in [-0.2, -0.15) is 4.31 Å². The van der Waals surface area contributed by atoms with Crippen molar-refractivity contribution in [3.8, 4) is 0 Å². The first kappa shape index (κ1) is 26.4. The number of H-pyrrole nitrogens is 1. The second kappa shape index (κ2) is 10.2. The van der Waals surface area contributed by atoms with Crippen molar-refractivity contribution >= 4 is 32.8 Å². The van der Waals surface area contributed by atoms with Crippen molar-refractivity contribution in [3.05, 3.63) is 65.4 Å². The van der Waals surface area contributed by atoms with Crippen LogP contribution in [0.3, 0.4) is 0 Å². The van der Waals surface area contributed by atoms with Crippen LogP contribution in [0.2, 0.25) is 0 Å². The molecule has 9 heteroatoms. The number of methoxy groups -OCH3 is 1. The van der Waals surface area contributed by atoms with Crippen molar-refractivity contribution in [1.82, 2.24) is 14.2 Å². The molecule has 2 aliphatic heterocycles. The first-order valence-electron chi connectivity index (χ1n) is 13.2. The maximum absolute atomic E-state index is 14.4. The molecule has 1 N–H and O–H groups in total. The van der Waals surface area contributed by atoms with E-state index in [9.17, 15) is 18.0 Å². The Kier molecular flexibility index (Phi) is 7.09. The number of hydrogen-bond acceptors (Lipinski definition) is 5. The van der Waals surface area contributed by atoms with E-state index in [4.69, 9.17) is 4.74 Å². The van der Waals surface area contributed by atoms with Crippen LogP contribution in [0.15, 0.2) is 53.4 Å². The second-order valence-electron chi connectivity index (χ2n) is 10.8. The number of likely N-dealkylation sites (tertiary alicyclic amines) is 1. The van der Waals surface area contributed by atoms with E-state index in [2.05, 4.69) is 18.8 Å². The van der Waals surface area contributed by atoms with E-state index in [1.165, 1.54) is 16.3 Å². The maximum Gasteiger partial charge on any atom is 0.328 e. The highest BCUT2D eigenvalue weighted by Gasteiger charge is 2.49. The fraction of sp³-hybridized carbons (Fsp3) is 0.448. The number of fused-ring (bicyclic) bond motifs is 3. The number of benzene rings is 2. The van der Waals surface area contributed by atoms with Gasteiger partial charge in [0, 0.05) is 29.6 Å². The number of esters is 1. The first-order valence-corrected chi connectivity index (χ1v) is 14.7. The molecule has 3 heterocycles. The molecule has 5 rings (SSSR count). The molecule has 8 nitrogen and oxygen atoms in total. The molecule has 3 atom stereocenters. The molecule has 38 heavy (non-hydrogen) atoms. The largest absolute Gasteiger partial charge is 0.467 e. The Morgan fingerprint density at radius 1 is 1.08 bits per heavy atom. The molecule has 3 aromatic rings. The van der Waals surface area contributed by atoms with E-state index in [1.54, 1.807) is 24.3 Å². The first-order chi connectivity index (χ1) is 18.1. The minimum absolute atomic E-state index is 0.153. The highest BCUT2D eigenvalue weighted by Crippen LogP contribution is 2.44. The van der Waals surface area contributed by atoms with Gasteiger partial charge in [-0.25, -0.2) is 13.2 Å². The van der Waals surface area contributed by atoms with Gasteiger partial charge in [-0.1, -0.05) is 49.7 Å². The van der Waals surface area contributed by atoms with Crippen molar-refractivity contribution < 1.29 is 22.7 Å². The predicted octanol–water partition coefficient (Wildman–Crippen LogP) is 4.34. The summed E-state index contributed by atoms with van der Waals surface area (Å²) in [7, 11) is -2.76. The molecule has 0 unspecified atom stereocenters. The van der Waals surface area contributed by atoms with Crippen LogP contribution in [0.4, 0.5) is 0 Å². The third kappa shape index (κ3) is 4.52. The van der Waals surface area contributed by atoms with Gasteiger partial charge in [-0.15, -0.1) is 0 Å². The summed E-state index contributed by atoms with van der Waals surface area (Å²) in [6.45, 7) is 6.40. The molecule has 2 aromatic carbocycles. The Hall–Kier alpha value is -3.17. The Morgan fingerprint density at radius 3 is 2.47 bits per heavy atom. The number of carbonyl (C=O) groups excluding carboxylic acids is 2. The van der Waals surface area contributed by atoms with Crippen LogP contribution < -0.4 is 0 Å². The van der Waals surface area contributed by atoms with E-state index >= 15 is 0 Å². The third-order valence-corrected chi connectivity index (χ3v) is 9.71. The van der Waals surface area contributed by atoms with Crippen molar-refractivity contribution in [2.45, 2.75) is 69.5 Å². The highest BCUT2D eigenvalue weighted by atomic mass is 32.2. The van der Waals surface area contributed by atoms with Crippen molar-refractivity contribution in [1.29, 1.82) is 0 Å². The van der Waals surface area contributed by atoms with E-state index in [1.807, 2.05) is 31.2 Å². The Morgan fingerprint density at radius 2 is 1.79 bits per heavy atom. The van der Waals surface area contributed by atoms with Crippen molar-refractivity contribution in [3.63, 3.8) is 0 Å². The zero-order valence-electron chi connectivity index (χ0n) is 22.3. The number of aryl methyl sites for hydroxylation is 1. The molecule has 0 spiro atoms. The van der Waals surface area contributed by atoms with Gasteiger partial charge in [-0.05, 0) is 55.9 Å². The average molecular weight is 538 g/mol. The van der Waals surface area contributed by atoms with Gasteiger partial charge in [0.15, 0.2) is 0 Å². The number of nitrogens with one attached hydrogen (secondary N) is 1. The number of ether oxygens (including phenoxy) is 1. The molecule has 1 aromatic heterocycles. The van der Waals surface area contributed by atoms with Crippen molar-refractivity contribution in [2.24, 2.45) is 5.92 Å². The van der Waals surface area contributed by atoms with Crippen LogP contribution >= 0.6 is 0 Å². The summed E-state index contributed by atoms with van der Waals surface area (Å²) in [5, 5.41) is 0.993. The molecule has 202 valence electrons. The number of para-hydroxylation sites is 1. The number of rotatable bonds is 6. The number of nitrogens with zero attached hydrogens (tertiary/aromatic N) is 2. The van der Waals surface area contributed by atoms with Crippen LogP contribution in [-0.2, 0) is 30.8 Å². The Labute approximate surface area is 224 Å². The summed E-state index contributed by atoms with van der Waals surface area (Å²) in [6.07, 6.45) is 1.93. The van der Waals surface area contributed by atoms with Crippen LogP contribution in [0.25, 0.3) is 10.9 Å². The number of sulfonamides is 1. The molecule has 1 amide bonds. The lowest BCUT2D eigenvalue weighted by Gasteiger charge is -2.42. The SMILES string of the molecule is COC(=O)[C@@H]1CCCN1C(=O)[C@@H]1Cc2c([nH]c3ccccc23)[C@H](CC(C)C)N1S(=O)(=O)c1ccc(C)cc1. The molecule has 2 aliphatic rings. The lowest BCUT2D eigenvalue weighted by atomic mass is 9.89. The molecular formula is C29H35N3O5S. The zero-order chi connectivity index (χ0) is 27.2. The van der Waals surface area contributed by atoms with E-state index in [0.29, 0.717) is 25.8 Å². The lowest BCUT2D eigenvalue weighted by Crippen LogP contribution is -2.57. The summed E-state index contributed by atoms with van der Waals surface area (Å²) in [5.41, 5.74) is 3.67. The van der Waals surface area contributed by atoms with Crippen LogP contribution in [0, 0.1) is 12.8 Å². The minimum Gasteiger partial charge on any atom is -0.467 e. The summed E-state index contributed by atoms with van der Waals surface area (Å²) in [6, 6.07) is 12.4. The van der Waals surface area contributed by atoms with Gasteiger partial charge in [0.05, 0.1) is 18.0 Å². The number of carbonyl (C=O) groups is 2. The van der Waals surface area contributed by atoms with Gasteiger partial charge in [0.1, 0.15) is 12.1 Å². The monoisotopic (exact) mass is 537 g/mol. The predicted molar refractivity (Wildman–Crippen MR) is 145 cm³/mol. The van der Waals surface area contributed by atoms with Gasteiger partial charge in [0.2, 0.25) is 15.9 Å². The molecular weight excluding hydrogens is 502 g/mol. The quantitative estimate of drug-likeness (QED) is 0.472. The Balaban J connectivity index is 1.69. The Bertz CT molecular complexity index is 1460. The van der Waals surface area contributed by atoms with Gasteiger partial charge in [-0.3, -0.25) is 4.79 Å². The van der Waals surface area contributed by atoms with Crippen LogP contribution in [-0.4, -0.2) is 60.2 Å². The smallest absolute Gasteiger partial charge is 0.328 e. The topological polar surface area (TPSA) is 99.8 Å². The molecule has 0 saturated carbocycles. The summed E-state index contributed by atoms with van der Waals surface area (Å²) >= 11 is 0.